The number of amides is 1. The minimum atomic E-state index is -0.374. The topological polar surface area (TPSA) is 50.8 Å². The van der Waals surface area contributed by atoms with Gasteiger partial charge in [-0.2, -0.15) is 0 Å². The van der Waals surface area contributed by atoms with Crippen LogP contribution in [0, 0.1) is 0 Å². The fraction of sp³-hybridized carbons (Fsp3) is 0.917. The number of nitrogens with zero attached hydrogens (tertiary/aromatic N) is 1. The molecule has 17 heavy (non-hydrogen) atoms. The van der Waals surface area contributed by atoms with Crippen molar-refractivity contribution in [2.75, 3.05) is 39.5 Å². The molecular weight excluding hydrogens is 220 g/mol. The van der Waals surface area contributed by atoms with Gasteiger partial charge in [0.25, 0.3) is 5.91 Å². The lowest BCUT2D eigenvalue weighted by Crippen LogP contribution is -2.53. The minimum absolute atomic E-state index is 0.0786. The van der Waals surface area contributed by atoms with Crippen LogP contribution in [0.4, 0.5) is 0 Å². The molecule has 0 radical (unpaired) electrons. The number of ether oxygens (including phenoxy) is 2. The largest absolute Gasteiger partial charge is 0.379 e. The van der Waals surface area contributed by atoms with Crippen LogP contribution < -0.4 is 5.32 Å². The maximum Gasteiger partial charge on any atom is 0.251 e. The van der Waals surface area contributed by atoms with Crippen molar-refractivity contribution in [1.29, 1.82) is 0 Å². The molecular formula is C12H24N2O3. The summed E-state index contributed by atoms with van der Waals surface area (Å²) in [6.07, 6.45) is -0.374. The van der Waals surface area contributed by atoms with Crippen molar-refractivity contribution in [2.24, 2.45) is 0 Å². The fourth-order valence-electron chi connectivity index (χ4n) is 1.89. The molecule has 0 aliphatic carbocycles. The predicted octanol–water partition coefficient (Wildman–Crippen LogP) is 0.248. The molecule has 1 aliphatic heterocycles. The molecule has 0 aromatic carbocycles. The van der Waals surface area contributed by atoms with E-state index in [1.807, 2.05) is 11.8 Å². The first-order valence-corrected chi connectivity index (χ1v) is 6.36. The summed E-state index contributed by atoms with van der Waals surface area (Å²) in [6.45, 7) is 9.92. The van der Waals surface area contributed by atoms with E-state index in [4.69, 9.17) is 9.47 Å². The Balaban J connectivity index is 2.25. The first-order valence-electron chi connectivity index (χ1n) is 6.36. The third-order valence-corrected chi connectivity index (χ3v) is 2.83. The van der Waals surface area contributed by atoms with E-state index >= 15 is 0 Å². The Kier molecular flexibility index (Phi) is 6.47. The summed E-state index contributed by atoms with van der Waals surface area (Å²) in [5.74, 6) is 0.0786. The highest BCUT2D eigenvalue weighted by Crippen LogP contribution is 2.04. The van der Waals surface area contributed by atoms with Crippen LogP contribution in [0.1, 0.15) is 20.8 Å². The third kappa shape index (κ3) is 5.02. The van der Waals surface area contributed by atoms with Gasteiger partial charge in [-0.05, 0) is 20.8 Å². The molecule has 1 aliphatic rings. The monoisotopic (exact) mass is 244 g/mol. The van der Waals surface area contributed by atoms with Crippen LogP contribution >= 0.6 is 0 Å². The average Bonchev–Trinajstić information content (AvgIpc) is 2.33. The Morgan fingerprint density at radius 3 is 2.94 bits per heavy atom. The van der Waals surface area contributed by atoms with Crippen LogP contribution in [-0.2, 0) is 14.3 Å². The van der Waals surface area contributed by atoms with E-state index in [2.05, 4.69) is 12.2 Å². The molecule has 2 atom stereocenters. The molecule has 1 heterocycles. The second-order valence-electron chi connectivity index (χ2n) is 4.35. The van der Waals surface area contributed by atoms with Crippen LogP contribution in [0.15, 0.2) is 0 Å². The van der Waals surface area contributed by atoms with Crippen LogP contribution in [0.3, 0.4) is 0 Å². The lowest BCUT2D eigenvalue weighted by atomic mass is 10.2. The van der Waals surface area contributed by atoms with Crippen molar-refractivity contribution < 1.29 is 14.3 Å². The van der Waals surface area contributed by atoms with Crippen molar-refractivity contribution >= 4 is 5.91 Å². The number of carbonyl (C=O) groups is 1. The van der Waals surface area contributed by atoms with Gasteiger partial charge in [0.15, 0.2) is 0 Å². The Morgan fingerprint density at radius 2 is 2.29 bits per heavy atom. The quantitative estimate of drug-likeness (QED) is 0.680. The van der Waals surface area contributed by atoms with E-state index in [1.54, 1.807) is 6.92 Å². The smallest absolute Gasteiger partial charge is 0.251 e. The Hall–Kier alpha value is -0.650. The maximum absolute atomic E-state index is 12.0. The standard InChI is InChI=1S/C12H24N2O3/c1-4-16-7-8-17-11(3)12(15)14-6-5-13-10(2)9-14/h10-11,13H,4-9H2,1-3H3. The minimum Gasteiger partial charge on any atom is -0.379 e. The summed E-state index contributed by atoms with van der Waals surface area (Å²) >= 11 is 0. The van der Waals surface area contributed by atoms with Gasteiger partial charge in [-0.3, -0.25) is 4.79 Å². The van der Waals surface area contributed by atoms with E-state index in [0.717, 1.165) is 19.6 Å². The van der Waals surface area contributed by atoms with Crippen molar-refractivity contribution in [3.05, 3.63) is 0 Å². The Bertz CT molecular complexity index is 236. The average molecular weight is 244 g/mol. The first kappa shape index (κ1) is 14.4. The first-order chi connectivity index (χ1) is 8.15. The van der Waals surface area contributed by atoms with E-state index in [-0.39, 0.29) is 12.0 Å². The lowest BCUT2D eigenvalue weighted by Gasteiger charge is -2.33. The van der Waals surface area contributed by atoms with Gasteiger partial charge in [0.2, 0.25) is 0 Å². The number of hydrogen-bond acceptors (Lipinski definition) is 4. The van der Waals surface area contributed by atoms with E-state index < -0.39 is 0 Å². The van der Waals surface area contributed by atoms with E-state index in [9.17, 15) is 4.79 Å². The van der Waals surface area contributed by atoms with Crippen LogP contribution in [0.2, 0.25) is 0 Å². The van der Waals surface area contributed by atoms with Crippen LogP contribution in [0.5, 0.6) is 0 Å². The van der Waals surface area contributed by atoms with Crippen LogP contribution in [0.25, 0.3) is 0 Å². The van der Waals surface area contributed by atoms with Crippen molar-refractivity contribution in [3.63, 3.8) is 0 Å². The highest BCUT2D eigenvalue weighted by molar-refractivity contribution is 5.80. The molecule has 1 fully saturated rings. The van der Waals surface area contributed by atoms with Gasteiger partial charge >= 0.3 is 0 Å². The predicted molar refractivity (Wildman–Crippen MR) is 66.0 cm³/mol. The molecule has 1 amide bonds. The molecule has 5 nitrogen and oxygen atoms in total. The van der Waals surface area contributed by atoms with Crippen molar-refractivity contribution in [3.8, 4) is 0 Å². The molecule has 0 bridgehead atoms. The second-order valence-corrected chi connectivity index (χ2v) is 4.35. The molecule has 0 saturated carbocycles. The molecule has 0 spiro atoms. The number of carbonyl (C=O) groups excluding carboxylic acids is 1. The molecule has 0 aromatic rings. The van der Waals surface area contributed by atoms with Crippen molar-refractivity contribution in [1.82, 2.24) is 10.2 Å². The molecule has 5 heteroatoms. The van der Waals surface area contributed by atoms with Gasteiger partial charge < -0.3 is 19.7 Å². The summed E-state index contributed by atoms with van der Waals surface area (Å²) in [7, 11) is 0. The summed E-state index contributed by atoms with van der Waals surface area (Å²) in [5.41, 5.74) is 0. The van der Waals surface area contributed by atoms with Gasteiger partial charge in [-0.25, -0.2) is 0 Å². The molecule has 0 aromatic heterocycles. The van der Waals surface area contributed by atoms with Gasteiger partial charge in [0.05, 0.1) is 13.2 Å². The maximum atomic E-state index is 12.0. The summed E-state index contributed by atoms with van der Waals surface area (Å²) in [6, 6.07) is 0.364. The second kappa shape index (κ2) is 7.63. The molecule has 1 rings (SSSR count). The zero-order valence-electron chi connectivity index (χ0n) is 11.1. The normalized spacial score (nSPS) is 22.5. The summed E-state index contributed by atoms with van der Waals surface area (Å²) in [5, 5.41) is 3.31. The van der Waals surface area contributed by atoms with Gasteiger partial charge in [0.1, 0.15) is 6.10 Å². The summed E-state index contributed by atoms with van der Waals surface area (Å²) < 4.78 is 10.6. The number of nitrogens with one attached hydrogen (secondary N) is 1. The molecule has 1 N–H and O–H groups in total. The number of piperazine rings is 1. The molecule has 1 saturated heterocycles. The molecule has 2 unspecified atom stereocenters. The van der Waals surface area contributed by atoms with Crippen LogP contribution in [-0.4, -0.2) is 62.4 Å². The van der Waals surface area contributed by atoms with E-state index in [1.165, 1.54) is 0 Å². The van der Waals surface area contributed by atoms with Gasteiger partial charge in [-0.1, -0.05) is 0 Å². The fourth-order valence-corrected chi connectivity index (χ4v) is 1.89. The molecule has 100 valence electrons. The zero-order valence-corrected chi connectivity index (χ0v) is 11.1. The van der Waals surface area contributed by atoms with Gasteiger partial charge in [-0.15, -0.1) is 0 Å². The Labute approximate surface area is 103 Å². The highest BCUT2D eigenvalue weighted by Gasteiger charge is 2.24. The summed E-state index contributed by atoms with van der Waals surface area (Å²) in [4.78, 5) is 13.9. The lowest BCUT2D eigenvalue weighted by molar-refractivity contribution is -0.144. The Morgan fingerprint density at radius 1 is 1.53 bits per heavy atom. The van der Waals surface area contributed by atoms with Crippen molar-refractivity contribution in [2.45, 2.75) is 32.9 Å². The zero-order chi connectivity index (χ0) is 12.7. The van der Waals surface area contributed by atoms with Gasteiger partial charge in [0, 0.05) is 32.3 Å². The van der Waals surface area contributed by atoms with E-state index in [0.29, 0.717) is 25.9 Å². The number of rotatable bonds is 6. The highest BCUT2D eigenvalue weighted by atomic mass is 16.5. The SMILES string of the molecule is CCOCCOC(C)C(=O)N1CCNC(C)C1. The number of hydrogen-bond donors (Lipinski definition) is 1. The third-order valence-electron chi connectivity index (χ3n) is 2.83.